The number of Topliss-reactive ketones (excluding diaryl/α,β-unsaturated/α-hetero) is 1. The molecule has 1 N–H and O–H groups in total. The number of nitrogens with one attached hydrogen (secondary N) is 1. The fraction of sp³-hybridized carbons (Fsp3) is 0.308. The smallest absolute Gasteiger partial charge is 0.152 e. The fourth-order valence-corrected chi connectivity index (χ4v) is 1.99. The number of hydrogen-bond donors (Lipinski definition) is 1. The summed E-state index contributed by atoms with van der Waals surface area (Å²) in [6.07, 6.45) is 2.06. The molecule has 0 fully saturated rings. The van der Waals surface area contributed by atoms with Gasteiger partial charge in [0, 0.05) is 23.5 Å². The van der Waals surface area contributed by atoms with Crippen LogP contribution in [0.25, 0.3) is 10.9 Å². The summed E-state index contributed by atoms with van der Waals surface area (Å²) in [5.41, 5.74) is 1.86. The van der Waals surface area contributed by atoms with Gasteiger partial charge in [-0.1, -0.05) is 18.2 Å². The largest absolute Gasteiger partial charge is 0.361 e. The predicted molar refractivity (Wildman–Crippen MR) is 66.4 cm³/mol. The number of nitrogens with zero attached hydrogens (tertiary/aromatic N) is 1. The molecular formula is C13H15FN2O2. The zero-order valence-corrected chi connectivity index (χ0v) is 10.3. The Bertz CT molecular complexity index is 553. The molecule has 0 saturated heterocycles. The van der Waals surface area contributed by atoms with E-state index in [1.54, 1.807) is 6.20 Å². The summed E-state index contributed by atoms with van der Waals surface area (Å²) in [6, 6.07) is 6.78. The number of aromatic amines is 1. The van der Waals surface area contributed by atoms with Crippen molar-refractivity contribution in [1.82, 2.24) is 10.3 Å². The highest BCUT2D eigenvalue weighted by Crippen LogP contribution is 2.21. The topological polar surface area (TPSA) is 45.3 Å². The molecule has 0 aliphatic heterocycles. The zero-order valence-electron chi connectivity index (χ0n) is 10.3. The molecule has 1 aromatic carbocycles. The lowest BCUT2D eigenvalue weighted by Gasteiger charge is -2.18. The third-order valence-electron chi connectivity index (χ3n) is 2.98. The van der Waals surface area contributed by atoms with E-state index in [1.807, 2.05) is 24.3 Å². The van der Waals surface area contributed by atoms with E-state index in [1.165, 1.54) is 14.0 Å². The molecule has 1 atom stereocenters. The molecule has 5 heteroatoms. The third-order valence-corrected chi connectivity index (χ3v) is 2.98. The van der Waals surface area contributed by atoms with Gasteiger partial charge in [0.15, 0.2) is 5.78 Å². The number of benzene rings is 1. The van der Waals surface area contributed by atoms with E-state index in [-0.39, 0.29) is 17.5 Å². The van der Waals surface area contributed by atoms with Gasteiger partial charge >= 0.3 is 0 Å². The highest BCUT2D eigenvalue weighted by Gasteiger charge is 2.24. The Balaban J connectivity index is 2.29. The predicted octanol–water partition coefficient (Wildman–Crippen LogP) is 2.42. The maximum absolute atomic E-state index is 13.4. The second-order valence-electron chi connectivity index (χ2n) is 4.14. The molecule has 0 bridgehead atoms. The first-order valence-electron chi connectivity index (χ1n) is 5.68. The van der Waals surface area contributed by atoms with Crippen LogP contribution in [0.4, 0.5) is 4.48 Å². The summed E-state index contributed by atoms with van der Waals surface area (Å²) in [5.74, 6) is -0.273. The van der Waals surface area contributed by atoms with E-state index in [0.717, 1.165) is 16.5 Å². The third kappa shape index (κ3) is 2.42. The van der Waals surface area contributed by atoms with Crippen LogP contribution in [0.5, 0.6) is 0 Å². The Hall–Kier alpha value is -1.72. The Morgan fingerprint density at radius 2 is 2.22 bits per heavy atom. The van der Waals surface area contributed by atoms with E-state index in [2.05, 4.69) is 9.82 Å². The van der Waals surface area contributed by atoms with Crippen LogP contribution in [0, 0.1) is 0 Å². The van der Waals surface area contributed by atoms with E-state index < -0.39 is 6.04 Å². The minimum Gasteiger partial charge on any atom is -0.361 e. The standard InChI is InChI=1S/C13H15FN2O2/c1-9(17)13(16(14)18-2)7-10-8-15-12-6-4-3-5-11(10)12/h3-6,8,13,15H,7H2,1-2H3. The average Bonchev–Trinajstić information content (AvgIpc) is 2.78. The van der Waals surface area contributed by atoms with Gasteiger partial charge in [-0.25, -0.2) is 0 Å². The molecule has 4 nitrogen and oxygen atoms in total. The molecule has 0 amide bonds. The van der Waals surface area contributed by atoms with Crippen molar-refractivity contribution >= 4 is 16.7 Å². The van der Waals surface area contributed by atoms with Crippen molar-refractivity contribution in [3.05, 3.63) is 36.0 Å². The number of para-hydroxylation sites is 1. The highest BCUT2D eigenvalue weighted by atomic mass is 19.2. The Kier molecular flexibility index (Phi) is 3.74. The van der Waals surface area contributed by atoms with Crippen molar-refractivity contribution in [3.8, 4) is 0 Å². The maximum Gasteiger partial charge on any atom is 0.152 e. The maximum atomic E-state index is 13.4. The van der Waals surface area contributed by atoms with Crippen LogP contribution >= 0.6 is 0 Å². The van der Waals surface area contributed by atoms with Crippen molar-refractivity contribution in [2.24, 2.45) is 0 Å². The summed E-state index contributed by atoms with van der Waals surface area (Å²) < 4.78 is 13.4. The minimum atomic E-state index is -0.922. The van der Waals surface area contributed by atoms with Gasteiger partial charge in [-0.2, -0.15) is 0 Å². The molecule has 1 aromatic heterocycles. The van der Waals surface area contributed by atoms with Crippen molar-refractivity contribution in [1.29, 1.82) is 0 Å². The first-order valence-corrected chi connectivity index (χ1v) is 5.68. The normalized spacial score (nSPS) is 13.1. The molecule has 0 aliphatic rings. The summed E-state index contributed by atoms with van der Waals surface area (Å²) in [6.45, 7) is 1.35. The first kappa shape index (κ1) is 12.7. The van der Waals surface area contributed by atoms with Gasteiger partial charge in [0.25, 0.3) is 0 Å². The number of hydroxylamine groups is 1. The molecule has 96 valence electrons. The quantitative estimate of drug-likeness (QED) is 0.654. The number of halogens is 1. The van der Waals surface area contributed by atoms with Crippen LogP contribution in [-0.2, 0) is 16.1 Å². The lowest BCUT2D eigenvalue weighted by molar-refractivity contribution is -0.280. The van der Waals surface area contributed by atoms with Crippen LogP contribution in [0.15, 0.2) is 30.5 Å². The summed E-state index contributed by atoms with van der Waals surface area (Å²) >= 11 is 0. The Morgan fingerprint density at radius 3 is 2.89 bits per heavy atom. The molecule has 2 rings (SSSR count). The number of aromatic nitrogens is 1. The van der Waals surface area contributed by atoms with Gasteiger partial charge in [0.1, 0.15) is 6.04 Å². The van der Waals surface area contributed by atoms with Gasteiger partial charge in [-0.05, 0) is 23.8 Å². The first-order chi connectivity index (χ1) is 8.63. The van der Waals surface area contributed by atoms with Crippen molar-refractivity contribution in [2.75, 3.05) is 7.11 Å². The number of rotatable bonds is 5. The molecule has 0 radical (unpaired) electrons. The summed E-state index contributed by atoms with van der Waals surface area (Å²) in [5, 5.41) is 1.10. The van der Waals surface area contributed by atoms with E-state index in [0.29, 0.717) is 0 Å². The Morgan fingerprint density at radius 1 is 1.50 bits per heavy atom. The second-order valence-corrected chi connectivity index (χ2v) is 4.14. The van der Waals surface area contributed by atoms with Crippen molar-refractivity contribution in [3.63, 3.8) is 0 Å². The minimum absolute atomic E-state index is 0.101. The van der Waals surface area contributed by atoms with Crippen LogP contribution in [0.3, 0.4) is 0 Å². The molecule has 18 heavy (non-hydrogen) atoms. The second kappa shape index (κ2) is 5.29. The monoisotopic (exact) mass is 250 g/mol. The van der Waals surface area contributed by atoms with Crippen LogP contribution < -0.4 is 0 Å². The number of carbonyl (C=O) groups excluding carboxylic acids is 1. The van der Waals surface area contributed by atoms with Crippen molar-refractivity contribution in [2.45, 2.75) is 19.4 Å². The molecule has 0 spiro atoms. The number of ketones is 1. The van der Waals surface area contributed by atoms with Gasteiger partial charge in [-0.3, -0.25) is 9.63 Å². The highest BCUT2D eigenvalue weighted by molar-refractivity contribution is 5.85. The Labute approximate surface area is 104 Å². The number of H-pyrrole nitrogens is 1. The SMILES string of the molecule is CON(F)C(Cc1c[nH]c2ccccc12)C(C)=O. The van der Waals surface area contributed by atoms with Gasteiger partial charge in [-0.15, -0.1) is 4.48 Å². The average molecular weight is 250 g/mol. The lowest BCUT2D eigenvalue weighted by atomic mass is 10.0. The molecule has 1 unspecified atom stereocenters. The van der Waals surface area contributed by atoms with Crippen molar-refractivity contribution < 1.29 is 14.1 Å². The summed E-state index contributed by atoms with van der Waals surface area (Å²) in [7, 11) is 1.20. The van der Waals surface area contributed by atoms with Crippen LogP contribution in [0.1, 0.15) is 12.5 Å². The zero-order chi connectivity index (χ0) is 13.1. The van der Waals surface area contributed by atoms with Gasteiger partial charge in [0.2, 0.25) is 0 Å². The summed E-state index contributed by atoms with van der Waals surface area (Å²) in [4.78, 5) is 19.0. The van der Waals surface area contributed by atoms with Crippen LogP contribution in [0.2, 0.25) is 0 Å². The molecule has 1 heterocycles. The molecule has 0 saturated carbocycles. The number of hydrogen-bond acceptors (Lipinski definition) is 3. The van der Waals surface area contributed by atoms with E-state index >= 15 is 0 Å². The molecular weight excluding hydrogens is 235 g/mol. The molecule has 0 aliphatic carbocycles. The van der Waals surface area contributed by atoms with Crippen LogP contribution in [-0.4, -0.2) is 29.2 Å². The van der Waals surface area contributed by atoms with E-state index in [9.17, 15) is 9.28 Å². The van der Waals surface area contributed by atoms with E-state index in [4.69, 9.17) is 0 Å². The molecule has 2 aromatic rings. The fourth-order valence-electron chi connectivity index (χ4n) is 1.99. The van der Waals surface area contributed by atoms with Gasteiger partial charge < -0.3 is 4.98 Å². The van der Waals surface area contributed by atoms with Gasteiger partial charge in [0.05, 0.1) is 7.11 Å². The number of carbonyl (C=O) groups is 1. The lowest BCUT2D eigenvalue weighted by Crippen LogP contribution is -2.35. The number of fused-ring (bicyclic) bond motifs is 1.